The second kappa shape index (κ2) is 5.40. The summed E-state index contributed by atoms with van der Waals surface area (Å²) in [6, 6.07) is 2.06. The van der Waals surface area contributed by atoms with Crippen LogP contribution < -0.4 is 0 Å². The van der Waals surface area contributed by atoms with E-state index in [1.54, 1.807) is 12.4 Å². The summed E-state index contributed by atoms with van der Waals surface area (Å²) in [6.07, 6.45) is 10.6. The first-order valence-electron chi connectivity index (χ1n) is 7.68. The zero-order valence-electron chi connectivity index (χ0n) is 12.1. The van der Waals surface area contributed by atoms with E-state index in [0.717, 1.165) is 12.8 Å². The van der Waals surface area contributed by atoms with E-state index < -0.39 is 0 Å². The molecule has 22 heavy (non-hydrogen) atoms. The molecule has 5 nitrogen and oxygen atoms in total. The Morgan fingerprint density at radius 2 is 2.09 bits per heavy atom. The summed E-state index contributed by atoms with van der Waals surface area (Å²) < 4.78 is 1.53. The van der Waals surface area contributed by atoms with E-state index in [-0.39, 0.29) is 11.7 Å². The molecule has 2 unspecified atom stereocenters. The third-order valence-corrected chi connectivity index (χ3v) is 6.29. The molecule has 2 saturated heterocycles. The Morgan fingerprint density at radius 3 is 2.82 bits per heavy atom. The van der Waals surface area contributed by atoms with Crippen molar-refractivity contribution in [1.82, 2.24) is 14.6 Å². The quantitative estimate of drug-likeness (QED) is 0.797. The van der Waals surface area contributed by atoms with Crippen LogP contribution in [0.15, 0.2) is 18.6 Å². The van der Waals surface area contributed by atoms with E-state index in [0.29, 0.717) is 27.3 Å². The van der Waals surface area contributed by atoms with Gasteiger partial charge in [-0.25, -0.2) is 9.50 Å². The van der Waals surface area contributed by atoms with Crippen molar-refractivity contribution >= 4 is 23.2 Å². The van der Waals surface area contributed by atoms with Crippen molar-refractivity contribution < 1.29 is 4.79 Å². The largest absolute Gasteiger partial charge is 0.294 e. The van der Waals surface area contributed by atoms with Gasteiger partial charge in [-0.3, -0.25) is 4.79 Å². The van der Waals surface area contributed by atoms with Gasteiger partial charge in [-0.2, -0.15) is 22.1 Å². The van der Waals surface area contributed by atoms with E-state index in [2.05, 4.69) is 27.9 Å². The molecule has 0 amide bonds. The minimum atomic E-state index is 0.113. The molecule has 0 N–H and O–H groups in total. The Hall–Kier alpha value is -1.87. The molecule has 2 fully saturated rings. The maximum absolute atomic E-state index is 12.8. The van der Waals surface area contributed by atoms with Crippen LogP contribution in [0.4, 0.5) is 0 Å². The van der Waals surface area contributed by atoms with Crippen molar-refractivity contribution in [3.8, 4) is 6.07 Å². The highest BCUT2D eigenvalue weighted by molar-refractivity contribution is 8.00. The van der Waals surface area contributed by atoms with Gasteiger partial charge in [0.25, 0.3) is 0 Å². The number of thioether (sulfide) groups is 1. The average Bonchev–Trinajstić information content (AvgIpc) is 2.96. The van der Waals surface area contributed by atoms with Crippen molar-refractivity contribution in [3.05, 3.63) is 29.7 Å². The molecule has 4 rings (SSSR count). The fraction of sp³-hybridized carbons (Fsp3) is 0.500. The fourth-order valence-corrected chi connectivity index (χ4v) is 5.43. The van der Waals surface area contributed by atoms with Gasteiger partial charge in [0.1, 0.15) is 11.6 Å². The van der Waals surface area contributed by atoms with Crippen LogP contribution in [0.5, 0.6) is 0 Å². The van der Waals surface area contributed by atoms with Crippen molar-refractivity contribution in [2.45, 2.75) is 42.6 Å². The molecule has 2 aromatic heterocycles. The lowest BCUT2D eigenvalue weighted by Crippen LogP contribution is -2.33. The smallest absolute Gasteiger partial charge is 0.172 e. The molecule has 2 atom stereocenters. The predicted molar refractivity (Wildman–Crippen MR) is 83.8 cm³/mol. The molecular formula is C16H16N4OS. The van der Waals surface area contributed by atoms with E-state index in [9.17, 15) is 4.79 Å². The number of ketones is 1. The molecule has 0 radical (unpaired) electrons. The number of Topliss-reactive ketones (excluding diaryl/α,β-unsaturated/α-hetero) is 1. The zero-order valence-corrected chi connectivity index (χ0v) is 12.9. The SMILES string of the molecule is N#Cc1cnn2cc(C(=O)C3CC4CCCC(C3)S4)cnc12. The molecular weight excluding hydrogens is 296 g/mol. The van der Waals surface area contributed by atoms with Crippen molar-refractivity contribution in [3.63, 3.8) is 0 Å². The number of nitriles is 1. The van der Waals surface area contributed by atoms with E-state index in [4.69, 9.17) is 5.26 Å². The first-order chi connectivity index (χ1) is 10.7. The third kappa shape index (κ3) is 2.30. The first-order valence-corrected chi connectivity index (χ1v) is 8.62. The summed E-state index contributed by atoms with van der Waals surface area (Å²) in [7, 11) is 0. The number of fused-ring (bicyclic) bond motifs is 3. The lowest BCUT2D eigenvalue weighted by atomic mass is 9.85. The molecule has 2 aromatic rings. The molecule has 0 spiro atoms. The standard InChI is InChI=1S/C16H16N4OS/c17-6-11-8-19-20-9-12(7-18-16(11)20)15(21)10-4-13-2-1-3-14(5-10)22-13/h7-10,13-14H,1-5H2. The number of nitrogens with zero attached hydrogens (tertiary/aromatic N) is 4. The van der Waals surface area contributed by atoms with Crippen LogP contribution in [-0.2, 0) is 0 Å². The van der Waals surface area contributed by atoms with Crippen LogP contribution in [0, 0.1) is 17.2 Å². The highest BCUT2D eigenvalue weighted by Crippen LogP contribution is 2.44. The number of aromatic nitrogens is 3. The van der Waals surface area contributed by atoms with Crippen LogP contribution in [0.25, 0.3) is 5.65 Å². The van der Waals surface area contributed by atoms with Crippen molar-refractivity contribution in [1.29, 1.82) is 5.26 Å². The van der Waals surface area contributed by atoms with Gasteiger partial charge in [0.05, 0.1) is 11.8 Å². The lowest BCUT2D eigenvalue weighted by Gasteiger charge is -2.37. The van der Waals surface area contributed by atoms with Gasteiger partial charge in [-0.15, -0.1) is 0 Å². The fourth-order valence-electron chi connectivity index (χ4n) is 3.59. The van der Waals surface area contributed by atoms with Crippen LogP contribution in [0.2, 0.25) is 0 Å². The van der Waals surface area contributed by atoms with Gasteiger partial charge in [-0.05, 0) is 25.7 Å². The summed E-state index contributed by atoms with van der Waals surface area (Å²) in [6.45, 7) is 0. The van der Waals surface area contributed by atoms with Gasteiger partial charge < -0.3 is 0 Å². The van der Waals surface area contributed by atoms with Crippen LogP contribution in [0.3, 0.4) is 0 Å². The maximum Gasteiger partial charge on any atom is 0.172 e. The average molecular weight is 312 g/mol. The van der Waals surface area contributed by atoms with Crippen molar-refractivity contribution in [2.75, 3.05) is 0 Å². The lowest BCUT2D eigenvalue weighted by molar-refractivity contribution is 0.0895. The predicted octanol–water partition coefficient (Wildman–Crippen LogP) is 2.85. The van der Waals surface area contributed by atoms with Gasteiger partial charge >= 0.3 is 0 Å². The maximum atomic E-state index is 12.8. The third-order valence-electron chi connectivity index (χ3n) is 4.66. The Kier molecular flexibility index (Phi) is 3.38. The van der Waals surface area contributed by atoms with Crippen LogP contribution in [0.1, 0.15) is 48.0 Å². The number of carbonyl (C=O) groups is 1. The number of carbonyl (C=O) groups excluding carboxylic acids is 1. The van der Waals surface area contributed by atoms with Gasteiger partial charge in [-0.1, -0.05) is 6.42 Å². The highest BCUT2D eigenvalue weighted by atomic mass is 32.2. The Bertz CT molecular complexity index is 766. The second-order valence-electron chi connectivity index (χ2n) is 6.12. The molecule has 2 aliphatic rings. The molecule has 4 heterocycles. The van der Waals surface area contributed by atoms with Gasteiger partial charge in [0, 0.05) is 28.8 Å². The van der Waals surface area contributed by atoms with Crippen LogP contribution >= 0.6 is 11.8 Å². The Balaban J connectivity index is 1.61. The summed E-state index contributed by atoms with van der Waals surface area (Å²) in [5, 5.41) is 14.4. The Labute approximate surface area is 132 Å². The molecule has 0 aromatic carbocycles. The zero-order chi connectivity index (χ0) is 15.1. The van der Waals surface area contributed by atoms with E-state index in [1.165, 1.54) is 30.0 Å². The molecule has 6 heteroatoms. The Morgan fingerprint density at radius 1 is 1.32 bits per heavy atom. The summed E-state index contributed by atoms with van der Waals surface area (Å²) >= 11 is 2.08. The highest BCUT2D eigenvalue weighted by Gasteiger charge is 2.36. The summed E-state index contributed by atoms with van der Waals surface area (Å²) in [5.41, 5.74) is 1.55. The van der Waals surface area contributed by atoms with Crippen molar-refractivity contribution in [2.24, 2.45) is 5.92 Å². The molecule has 0 saturated carbocycles. The monoisotopic (exact) mass is 312 g/mol. The van der Waals surface area contributed by atoms with Gasteiger partial charge in [0.2, 0.25) is 0 Å². The minimum absolute atomic E-state index is 0.113. The summed E-state index contributed by atoms with van der Waals surface area (Å²) in [5.74, 6) is 0.294. The molecule has 2 bridgehead atoms. The number of rotatable bonds is 2. The minimum Gasteiger partial charge on any atom is -0.294 e. The topological polar surface area (TPSA) is 71.1 Å². The first kappa shape index (κ1) is 13.8. The molecule has 0 aliphatic carbocycles. The number of hydrogen-bond acceptors (Lipinski definition) is 5. The number of hydrogen-bond donors (Lipinski definition) is 0. The molecule has 112 valence electrons. The van der Waals surface area contributed by atoms with E-state index >= 15 is 0 Å². The van der Waals surface area contributed by atoms with Gasteiger partial charge in [0.15, 0.2) is 11.4 Å². The van der Waals surface area contributed by atoms with Crippen LogP contribution in [-0.4, -0.2) is 30.9 Å². The molecule has 2 aliphatic heterocycles. The second-order valence-corrected chi connectivity index (χ2v) is 7.73. The summed E-state index contributed by atoms with van der Waals surface area (Å²) in [4.78, 5) is 17.0. The normalized spacial score (nSPS) is 27.5. The van der Waals surface area contributed by atoms with E-state index in [1.807, 2.05) is 0 Å².